The number of ether oxygens (including phenoxy) is 2. The zero-order valence-corrected chi connectivity index (χ0v) is 17.8. The van der Waals surface area contributed by atoms with Gasteiger partial charge in [-0.25, -0.2) is 4.98 Å². The highest BCUT2D eigenvalue weighted by Crippen LogP contribution is 2.46. The highest BCUT2D eigenvalue weighted by atomic mass is 35.5. The Kier molecular flexibility index (Phi) is 5.50. The quantitative estimate of drug-likeness (QED) is 0.723. The third-order valence-electron chi connectivity index (χ3n) is 5.28. The number of amides is 1. The first-order valence-electron chi connectivity index (χ1n) is 9.24. The molecule has 1 aromatic heterocycles. The summed E-state index contributed by atoms with van der Waals surface area (Å²) in [7, 11) is 3.54. The van der Waals surface area contributed by atoms with Crippen LogP contribution in [0.3, 0.4) is 0 Å². The van der Waals surface area contributed by atoms with Crippen molar-refractivity contribution in [1.82, 2.24) is 9.88 Å². The van der Waals surface area contributed by atoms with Crippen LogP contribution in [-0.2, 0) is 11.3 Å². The van der Waals surface area contributed by atoms with Gasteiger partial charge in [0.05, 0.1) is 36.0 Å². The Morgan fingerprint density at radius 3 is 2.93 bits per heavy atom. The van der Waals surface area contributed by atoms with E-state index in [0.717, 1.165) is 34.7 Å². The summed E-state index contributed by atoms with van der Waals surface area (Å²) >= 11 is 7.60. The number of pyridine rings is 1. The van der Waals surface area contributed by atoms with E-state index in [4.69, 9.17) is 21.1 Å². The average Bonchev–Trinajstić information content (AvgIpc) is 3.53. The molecule has 0 bridgehead atoms. The van der Waals surface area contributed by atoms with Crippen LogP contribution in [0.15, 0.2) is 35.4 Å². The molecule has 2 aromatic rings. The number of methoxy groups -OCH3 is 1. The fourth-order valence-electron chi connectivity index (χ4n) is 3.44. The smallest absolute Gasteiger partial charge is 0.249 e. The van der Waals surface area contributed by atoms with Crippen molar-refractivity contribution >= 4 is 35.1 Å². The Hall–Kier alpha value is -2.16. The number of nitrogens with zero attached hydrogens (tertiary/aromatic N) is 3. The fourth-order valence-corrected chi connectivity index (χ4v) is 4.60. The van der Waals surface area contributed by atoms with Crippen LogP contribution in [0.5, 0.6) is 11.6 Å². The summed E-state index contributed by atoms with van der Waals surface area (Å²) in [6.07, 6.45) is 3.50. The minimum atomic E-state index is -0.505. The summed E-state index contributed by atoms with van der Waals surface area (Å²) < 4.78 is 13.3. The highest BCUT2D eigenvalue weighted by Gasteiger charge is 2.52. The summed E-state index contributed by atoms with van der Waals surface area (Å²) in [6.45, 7) is 0.269. The molecule has 1 aromatic carbocycles. The maximum atomic E-state index is 12.3. The lowest BCUT2D eigenvalue weighted by Crippen LogP contribution is -2.45. The standard InChI is InChI=1S/C20H22ClN3O4S/c1-23(29-17-8-14(21)3-4-16(17)27-2)15-7-13-10-24(18(26)11-25)20(5-6-20)12-28-19(13)22-9-15/h3-4,7-9,25H,5-6,10-12H2,1-2H3. The molecule has 0 radical (unpaired) electrons. The molecule has 1 fully saturated rings. The molecule has 1 N–H and O–H groups in total. The van der Waals surface area contributed by atoms with E-state index in [-0.39, 0.29) is 11.4 Å². The van der Waals surface area contributed by atoms with Crippen molar-refractivity contribution in [3.05, 3.63) is 41.0 Å². The molecule has 9 heteroatoms. The van der Waals surface area contributed by atoms with Crippen LogP contribution in [0.2, 0.25) is 5.02 Å². The van der Waals surface area contributed by atoms with Gasteiger partial charge >= 0.3 is 0 Å². The van der Waals surface area contributed by atoms with E-state index < -0.39 is 6.61 Å². The molecule has 4 rings (SSSR count). The van der Waals surface area contributed by atoms with Gasteiger partial charge in [-0.15, -0.1) is 0 Å². The lowest BCUT2D eigenvalue weighted by Gasteiger charge is -2.28. The molecule has 1 saturated carbocycles. The Bertz CT molecular complexity index is 938. The molecule has 1 aliphatic heterocycles. The van der Waals surface area contributed by atoms with Crippen molar-refractivity contribution in [3.63, 3.8) is 0 Å². The molecular formula is C20H22ClN3O4S. The van der Waals surface area contributed by atoms with Crippen molar-refractivity contribution in [2.24, 2.45) is 0 Å². The number of hydrogen-bond acceptors (Lipinski definition) is 7. The normalized spacial score (nSPS) is 16.6. The Labute approximate surface area is 178 Å². The first-order chi connectivity index (χ1) is 14.0. The first kappa shape index (κ1) is 20.1. The molecular weight excluding hydrogens is 414 g/mol. The molecule has 0 saturated heterocycles. The minimum Gasteiger partial charge on any atom is -0.496 e. The van der Waals surface area contributed by atoms with Crippen LogP contribution in [0.25, 0.3) is 0 Å². The van der Waals surface area contributed by atoms with Gasteiger partial charge in [-0.1, -0.05) is 11.6 Å². The lowest BCUT2D eigenvalue weighted by atomic mass is 10.2. The number of aromatic nitrogens is 1. The number of fused-ring (bicyclic) bond motifs is 1. The van der Waals surface area contributed by atoms with Crippen LogP contribution >= 0.6 is 23.5 Å². The average molecular weight is 436 g/mol. The predicted molar refractivity (Wildman–Crippen MR) is 112 cm³/mol. The molecule has 1 spiro atoms. The summed E-state index contributed by atoms with van der Waals surface area (Å²) in [5.41, 5.74) is 1.36. The van der Waals surface area contributed by atoms with Crippen LogP contribution in [-0.4, -0.2) is 53.8 Å². The van der Waals surface area contributed by atoms with E-state index in [1.165, 1.54) is 11.9 Å². The summed E-state index contributed by atoms with van der Waals surface area (Å²) in [6, 6.07) is 7.42. The van der Waals surface area contributed by atoms with Crippen molar-refractivity contribution in [1.29, 1.82) is 0 Å². The number of aliphatic hydroxyl groups is 1. The zero-order valence-electron chi connectivity index (χ0n) is 16.2. The third-order valence-corrected chi connectivity index (χ3v) is 6.51. The van der Waals surface area contributed by atoms with E-state index in [0.29, 0.717) is 24.1 Å². The van der Waals surface area contributed by atoms with Gasteiger partial charge in [0.2, 0.25) is 11.8 Å². The van der Waals surface area contributed by atoms with Crippen molar-refractivity contribution in [2.75, 3.05) is 31.7 Å². The van der Waals surface area contributed by atoms with Gasteiger partial charge in [-0.2, -0.15) is 0 Å². The van der Waals surface area contributed by atoms with Gasteiger partial charge in [0, 0.05) is 17.6 Å². The fraction of sp³-hybridized carbons (Fsp3) is 0.400. The number of aliphatic hydroxyl groups excluding tert-OH is 1. The Morgan fingerprint density at radius 1 is 1.45 bits per heavy atom. The first-order valence-corrected chi connectivity index (χ1v) is 10.4. The molecule has 154 valence electrons. The number of rotatable bonds is 5. The second-order valence-corrected chi connectivity index (χ2v) is 8.80. The van der Waals surface area contributed by atoms with Crippen LogP contribution in [0.4, 0.5) is 5.69 Å². The van der Waals surface area contributed by atoms with Gasteiger partial charge in [0.1, 0.15) is 19.0 Å². The van der Waals surface area contributed by atoms with Gasteiger partial charge < -0.3 is 23.8 Å². The van der Waals surface area contributed by atoms with E-state index >= 15 is 0 Å². The van der Waals surface area contributed by atoms with Crippen LogP contribution in [0.1, 0.15) is 18.4 Å². The second-order valence-electron chi connectivity index (χ2n) is 7.19. The third kappa shape index (κ3) is 3.97. The molecule has 2 aliphatic rings. The molecule has 0 atom stereocenters. The number of carbonyl (C=O) groups is 1. The van der Waals surface area contributed by atoms with E-state index in [1.807, 2.05) is 29.6 Å². The Morgan fingerprint density at radius 2 is 2.24 bits per heavy atom. The van der Waals surface area contributed by atoms with Crippen molar-refractivity contribution in [2.45, 2.75) is 29.8 Å². The summed E-state index contributed by atoms with van der Waals surface area (Å²) in [5.74, 6) is 0.982. The number of carbonyl (C=O) groups excluding carboxylic acids is 1. The second kappa shape index (κ2) is 7.93. The van der Waals surface area contributed by atoms with Gasteiger partial charge in [0.15, 0.2) is 0 Å². The maximum Gasteiger partial charge on any atom is 0.249 e. The highest BCUT2D eigenvalue weighted by molar-refractivity contribution is 8.00. The number of anilines is 1. The number of hydrogen-bond donors (Lipinski definition) is 1. The number of halogens is 1. The van der Waals surface area contributed by atoms with Crippen molar-refractivity contribution in [3.8, 4) is 11.6 Å². The van der Waals surface area contributed by atoms with E-state index in [9.17, 15) is 9.90 Å². The molecule has 1 aliphatic carbocycles. The largest absolute Gasteiger partial charge is 0.496 e. The van der Waals surface area contributed by atoms with Crippen LogP contribution < -0.4 is 13.8 Å². The van der Waals surface area contributed by atoms with Crippen LogP contribution in [0, 0.1) is 0 Å². The maximum absolute atomic E-state index is 12.3. The molecule has 29 heavy (non-hydrogen) atoms. The van der Waals surface area contributed by atoms with Crippen molar-refractivity contribution < 1.29 is 19.4 Å². The Balaban J connectivity index is 1.59. The minimum absolute atomic E-state index is 0.282. The topological polar surface area (TPSA) is 75.1 Å². The number of benzene rings is 1. The zero-order chi connectivity index (χ0) is 20.6. The monoisotopic (exact) mass is 435 g/mol. The predicted octanol–water partition coefficient (Wildman–Crippen LogP) is 3.13. The SMILES string of the molecule is COc1ccc(Cl)cc1SN(C)c1cnc2c(c1)CN(C(=O)CO)C1(CC1)CO2. The summed E-state index contributed by atoms with van der Waals surface area (Å²) in [5, 5.41) is 10.0. The molecule has 2 heterocycles. The molecule has 0 unspecified atom stereocenters. The van der Waals surface area contributed by atoms with E-state index in [1.54, 1.807) is 24.3 Å². The van der Waals surface area contributed by atoms with E-state index in [2.05, 4.69) is 4.98 Å². The van der Waals surface area contributed by atoms with Gasteiger partial charge in [0.25, 0.3) is 0 Å². The molecule has 7 nitrogen and oxygen atoms in total. The summed E-state index contributed by atoms with van der Waals surface area (Å²) in [4.78, 5) is 19.4. The van der Waals surface area contributed by atoms with Gasteiger partial charge in [-0.05, 0) is 49.1 Å². The lowest BCUT2D eigenvalue weighted by molar-refractivity contribution is -0.138. The van der Waals surface area contributed by atoms with Gasteiger partial charge in [-0.3, -0.25) is 4.79 Å². The molecule has 1 amide bonds.